The molecule has 0 aromatic heterocycles. The summed E-state index contributed by atoms with van der Waals surface area (Å²) in [5.41, 5.74) is 12.3. The van der Waals surface area contributed by atoms with Crippen LogP contribution in [0.25, 0.3) is 0 Å². The number of amides is 1. The lowest BCUT2D eigenvalue weighted by Gasteiger charge is -2.14. The van der Waals surface area contributed by atoms with E-state index in [1.54, 1.807) is 0 Å². The molecule has 0 aliphatic carbocycles. The molecule has 0 aliphatic rings. The van der Waals surface area contributed by atoms with Crippen LogP contribution in [0.4, 0.5) is 0 Å². The van der Waals surface area contributed by atoms with Crippen molar-refractivity contribution in [2.75, 3.05) is 0 Å². The van der Waals surface area contributed by atoms with Gasteiger partial charge in [-0.2, -0.15) is 0 Å². The van der Waals surface area contributed by atoms with E-state index >= 15 is 0 Å². The van der Waals surface area contributed by atoms with Crippen LogP contribution in [0.5, 0.6) is 0 Å². The van der Waals surface area contributed by atoms with E-state index in [9.17, 15) is 4.79 Å². The number of primary amides is 1. The van der Waals surface area contributed by atoms with E-state index in [1.807, 2.05) is 18.2 Å². The molecule has 3 nitrogen and oxygen atoms in total. The van der Waals surface area contributed by atoms with Gasteiger partial charge < -0.3 is 11.5 Å². The Hall–Kier alpha value is -0.390. The minimum atomic E-state index is -0.248. The number of hydrogen-bond donors (Lipinski definition) is 2. The molecule has 1 atom stereocenters. The summed E-state index contributed by atoms with van der Waals surface area (Å²) in [6, 6.07) is 5.94. The van der Waals surface area contributed by atoms with E-state index in [0.717, 1.165) is 33.8 Å². The molecule has 0 spiro atoms. The molecule has 1 aromatic rings. The van der Waals surface area contributed by atoms with Crippen molar-refractivity contribution >= 4 is 37.8 Å². The molecule has 0 radical (unpaired) electrons. The highest BCUT2D eigenvalue weighted by molar-refractivity contribution is 9.11. The lowest BCUT2D eigenvalue weighted by Crippen LogP contribution is -2.12. The molecule has 0 bridgehead atoms. The molecular weight excluding hydrogens is 348 g/mol. The summed E-state index contributed by atoms with van der Waals surface area (Å²) in [7, 11) is 0. The number of hydrogen-bond acceptors (Lipinski definition) is 2. The number of halogens is 2. The van der Waals surface area contributed by atoms with Gasteiger partial charge in [0.15, 0.2) is 0 Å². The topological polar surface area (TPSA) is 69.1 Å². The minimum Gasteiger partial charge on any atom is -0.370 e. The highest BCUT2D eigenvalue weighted by Crippen LogP contribution is 2.28. The third-order valence-electron chi connectivity index (χ3n) is 2.55. The van der Waals surface area contributed by atoms with E-state index in [0.29, 0.717) is 6.42 Å². The monoisotopic (exact) mass is 362 g/mol. The van der Waals surface area contributed by atoms with Gasteiger partial charge in [0.1, 0.15) is 0 Å². The van der Waals surface area contributed by atoms with Crippen LogP contribution in [0.2, 0.25) is 0 Å². The fourth-order valence-electron chi connectivity index (χ4n) is 1.62. The van der Waals surface area contributed by atoms with Crippen LogP contribution in [0.15, 0.2) is 27.1 Å². The van der Waals surface area contributed by atoms with Gasteiger partial charge in [0, 0.05) is 21.4 Å². The van der Waals surface area contributed by atoms with Gasteiger partial charge in [-0.25, -0.2) is 0 Å². The summed E-state index contributed by atoms with van der Waals surface area (Å²) in [4.78, 5) is 10.6. The van der Waals surface area contributed by atoms with Crippen molar-refractivity contribution in [3.05, 3.63) is 32.7 Å². The summed E-state index contributed by atoms with van der Waals surface area (Å²) >= 11 is 6.92. The molecule has 94 valence electrons. The molecule has 0 aliphatic heterocycles. The van der Waals surface area contributed by atoms with E-state index in [1.165, 1.54) is 0 Å². The Labute approximate surface area is 118 Å². The number of unbranched alkanes of at least 4 members (excludes halogenated alkanes) is 1. The number of rotatable bonds is 6. The fraction of sp³-hybridized carbons (Fsp3) is 0.417. The molecule has 5 heteroatoms. The summed E-state index contributed by atoms with van der Waals surface area (Å²) in [6.07, 6.45) is 2.99. The zero-order valence-electron chi connectivity index (χ0n) is 9.46. The summed E-state index contributed by atoms with van der Waals surface area (Å²) in [5.74, 6) is -0.248. The van der Waals surface area contributed by atoms with Gasteiger partial charge in [-0.05, 0) is 36.6 Å². The first kappa shape index (κ1) is 14.7. The Bertz CT molecular complexity index is 396. The molecule has 0 saturated heterocycles. The van der Waals surface area contributed by atoms with Crippen LogP contribution in [-0.4, -0.2) is 5.91 Å². The Morgan fingerprint density at radius 2 is 2.00 bits per heavy atom. The van der Waals surface area contributed by atoms with Crippen LogP contribution in [0.1, 0.15) is 37.3 Å². The van der Waals surface area contributed by atoms with Gasteiger partial charge in [0.25, 0.3) is 0 Å². The third-order valence-corrected chi connectivity index (χ3v) is 3.76. The average molecular weight is 364 g/mol. The summed E-state index contributed by atoms with van der Waals surface area (Å²) in [6.45, 7) is 0. The second-order valence-corrected chi connectivity index (χ2v) is 5.75. The van der Waals surface area contributed by atoms with Crippen molar-refractivity contribution in [2.24, 2.45) is 11.5 Å². The van der Waals surface area contributed by atoms with Crippen molar-refractivity contribution < 1.29 is 4.79 Å². The van der Waals surface area contributed by atoms with Crippen LogP contribution in [0.3, 0.4) is 0 Å². The average Bonchev–Trinajstić information content (AvgIpc) is 2.27. The van der Waals surface area contributed by atoms with Crippen LogP contribution < -0.4 is 11.5 Å². The first-order valence-electron chi connectivity index (χ1n) is 5.49. The van der Waals surface area contributed by atoms with Crippen LogP contribution in [-0.2, 0) is 4.79 Å². The zero-order chi connectivity index (χ0) is 12.8. The lowest BCUT2D eigenvalue weighted by atomic mass is 10.0. The van der Waals surface area contributed by atoms with Gasteiger partial charge in [0.2, 0.25) is 5.91 Å². The molecule has 1 rings (SSSR count). The zero-order valence-corrected chi connectivity index (χ0v) is 12.6. The van der Waals surface area contributed by atoms with E-state index in [2.05, 4.69) is 31.9 Å². The Balaban J connectivity index is 2.49. The summed E-state index contributed by atoms with van der Waals surface area (Å²) in [5, 5.41) is 0. The normalized spacial score (nSPS) is 12.4. The maximum atomic E-state index is 10.6. The first-order chi connectivity index (χ1) is 8.00. The fourth-order valence-corrected chi connectivity index (χ4v) is 2.54. The van der Waals surface area contributed by atoms with Gasteiger partial charge in [0.05, 0.1) is 0 Å². The second kappa shape index (κ2) is 7.13. The quantitative estimate of drug-likeness (QED) is 0.761. The van der Waals surface area contributed by atoms with E-state index in [-0.39, 0.29) is 11.9 Å². The number of carbonyl (C=O) groups excluding carboxylic acids is 1. The van der Waals surface area contributed by atoms with Crippen molar-refractivity contribution in [3.8, 4) is 0 Å². The molecule has 0 heterocycles. The van der Waals surface area contributed by atoms with Crippen LogP contribution in [0, 0.1) is 0 Å². The van der Waals surface area contributed by atoms with Gasteiger partial charge in [-0.1, -0.05) is 38.3 Å². The Morgan fingerprint density at radius 3 is 2.65 bits per heavy atom. The summed E-state index contributed by atoms with van der Waals surface area (Å²) < 4.78 is 2.03. The highest BCUT2D eigenvalue weighted by atomic mass is 79.9. The molecule has 0 saturated carbocycles. The van der Waals surface area contributed by atoms with Gasteiger partial charge >= 0.3 is 0 Å². The molecule has 1 unspecified atom stereocenters. The predicted octanol–water partition coefficient (Wildman–Crippen LogP) is 3.26. The van der Waals surface area contributed by atoms with Crippen molar-refractivity contribution in [3.63, 3.8) is 0 Å². The smallest absolute Gasteiger partial charge is 0.217 e. The standard InChI is InChI=1S/C12H16Br2N2O/c13-8-5-6-10(14)9(7-8)11(15)3-1-2-4-12(16)17/h5-7,11H,1-4,15H2,(H2,16,17). The van der Waals surface area contributed by atoms with E-state index < -0.39 is 0 Å². The molecular formula is C12H16Br2N2O. The van der Waals surface area contributed by atoms with Crippen molar-refractivity contribution in [1.82, 2.24) is 0 Å². The lowest BCUT2D eigenvalue weighted by molar-refractivity contribution is -0.118. The number of carbonyl (C=O) groups is 1. The van der Waals surface area contributed by atoms with Crippen molar-refractivity contribution in [2.45, 2.75) is 31.7 Å². The number of benzene rings is 1. The largest absolute Gasteiger partial charge is 0.370 e. The number of nitrogens with two attached hydrogens (primary N) is 2. The molecule has 4 N–H and O–H groups in total. The molecule has 1 amide bonds. The maximum Gasteiger partial charge on any atom is 0.217 e. The Morgan fingerprint density at radius 1 is 1.29 bits per heavy atom. The maximum absolute atomic E-state index is 10.6. The van der Waals surface area contributed by atoms with Crippen molar-refractivity contribution in [1.29, 1.82) is 0 Å². The van der Waals surface area contributed by atoms with E-state index in [4.69, 9.17) is 11.5 Å². The predicted molar refractivity (Wildman–Crippen MR) is 76.4 cm³/mol. The molecule has 1 aromatic carbocycles. The van der Waals surface area contributed by atoms with Crippen LogP contribution >= 0.6 is 31.9 Å². The van der Waals surface area contributed by atoms with Gasteiger partial charge in [-0.15, -0.1) is 0 Å². The SMILES string of the molecule is NC(=O)CCCCC(N)c1cc(Br)ccc1Br. The highest BCUT2D eigenvalue weighted by Gasteiger charge is 2.10. The third kappa shape index (κ3) is 5.19. The second-order valence-electron chi connectivity index (χ2n) is 3.98. The Kier molecular flexibility index (Phi) is 6.16. The minimum absolute atomic E-state index is 0.0187. The molecule has 0 fully saturated rings. The van der Waals surface area contributed by atoms with Gasteiger partial charge in [-0.3, -0.25) is 4.79 Å². The molecule has 17 heavy (non-hydrogen) atoms. The first-order valence-corrected chi connectivity index (χ1v) is 7.08.